The van der Waals surface area contributed by atoms with Crippen LogP contribution in [0.2, 0.25) is 0 Å². The Bertz CT molecular complexity index is 301. The molecule has 0 radical (unpaired) electrons. The van der Waals surface area contributed by atoms with Crippen LogP contribution in [0.5, 0.6) is 0 Å². The molecule has 1 atom stereocenters. The summed E-state index contributed by atoms with van der Waals surface area (Å²) in [6.45, 7) is 6.12. The fraction of sp³-hybridized carbons (Fsp3) is 0.545. The third-order valence-corrected chi connectivity index (χ3v) is 2.74. The molecule has 0 aromatic carbocycles. The quantitative estimate of drug-likeness (QED) is 0.740. The van der Waals surface area contributed by atoms with Crippen LogP contribution >= 0.6 is 0 Å². The Balaban J connectivity index is 2.08. The second-order valence-electron chi connectivity index (χ2n) is 3.98. The van der Waals surface area contributed by atoms with Crippen LogP contribution in [-0.2, 0) is 0 Å². The van der Waals surface area contributed by atoms with E-state index in [-0.39, 0.29) is 6.04 Å². The summed E-state index contributed by atoms with van der Waals surface area (Å²) >= 11 is 0. The van der Waals surface area contributed by atoms with Gasteiger partial charge in [0.15, 0.2) is 0 Å². The fourth-order valence-electron chi connectivity index (χ4n) is 1.75. The Morgan fingerprint density at radius 2 is 2.13 bits per heavy atom. The first kappa shape index (κ1) is 10.4. The molecule has 4 heteroatoms. The average Bonchev–Trinajstić information content (AvgIpc) is 2.30. The van der Waals surface area contributed by atoms with Gasteiger partial charge < -0.3 is 16.0 Å². The molecule has 1 fully saturated rings. The molecule has 0 amide bonds. The summed E-state index contributed by atoms with van der Waals surface area (Å²) in [5.74, 6) is 1.06. The number of nitrogens with zero attached hydrogens (tertiary/aromatic N) is 2. The molecule has 2 rings (SSSR count). The molecule has 82 valence electrons. The van der Waals surface area contributed by atoms with Gasteiger partial charge in [-0.05, 0) is 18.6 Å². The molecule has 3 N–H and O–H groups in total. The molecule has 1 aromatic heterocycles. The number of pyridine rings is 1. The van der Waals surface area contributed by atoms with Gasteiger partial charge >= 0.3 is 0 Å². The molecular weight excluding hydrogens is 188 g/mol. The maximum Gasteiger partial charge on any atom is 0.128 e. The molecule has 0 bridgehead atoms. The van der Waals surface area contributed by atoms with Gasteiger partial charge in [0.05, 0.1) is 0 Å². The molecule has 2 heterocycles. The largest absolute Gasteiger partial charge is 0.354 e. The number of hydrogen-bond acceptors (Lipinski definition) is 4. The first-order valence-electron chi connectivity index (χ1n) is 5.44. The normalized spacial score (nSPS) is 18.9. The van der Waals surface area contributed by atoms with Crippen molar-refractivity contribution in [1.29, 1.82) is 0 Å². The first-order valence-corrected chi connectivity index (χ1v) is 5.44. The molecule has 1 aromatic rings. The summed E-state index contributed by atoms with van der Waals surface area (Å²) < 4.78 is 0. The van der Waals surface area contributed by atoms with E-state index >= 15 is 0 Å². The van der Waals surface area contributed by atoms with Crippen molar-refractivity contribution in [3.63, 3.8) is 0 Å². The van der Waals surface area contributed by atoms with Crippen molar-refractivity contribution in [1.82, 2.24) is 10.3 Å². The highest BCUT2D eigenvalue weighted by molar-refractivity contribution is 5.40. The molecular formula is C11H18N4. The van der Waals surface area contributed by atoms with E-state index in [4.69, 9.17) is 5.73 Å². The number of anilines is 1. The van der Waals surface area contributed by atoms with Gasteiger partial charge in [0, 0.05) is 38.4 Å². The zero-order valence-electron chi connectivity index (χ0n) is 9.11. The lowest BCUT2D eigenvalue weighted by atomic mass is 10.1. The highest BCUT2D eigenvalue weighted by Crippen LogP contribution is 2.14. The Morgan fingerprint density at radius 1 is 1.40 bits per heavy atom. The summed E-state index contributed by atoms with van der Waals surface area (Å²) in [6.07, 6.45) is 1.88. The lowest BCUT2D eigenvalue weighted by Gasteiger charge is -2.28. The number of rotatable bonds is 2. The zero-order chi connectivity index (χ0) is 10.7. The van der Waals surface area contributed by atoms with Crippen LogP contribution in [-0.4, -0.2) is 31.2 Å². The van der Waals surface area contributed by atoms with E-state index in [9.17, 15) is 0 Å². The third-order valence-electron chi connectivity index (χ3n) is 2.74. The topological polar surface area (TPSA) is 54.2 Å². The minimum absolute atomic E-state index is 0.0644. The van der Waals surface area contributed by atoms with E-state index in [0.717, 1.165) is 37.6 Å². The van der Waals surface area contributed by atoms with Crippen LogP contribution in [0.15, 0.2) is 18.3 Å². The van der Waals surface area contributed by atoms with Crippen LogP contribution in [0.4, 0.5) is 5.82 Å². The van der Waals surface area contributed by atoms with Crippen LogP contribution < -0.4 is 16.0 Å². The lowest BCUT2D eigenvalue weighted by molar-refractivity contribution is 0.584. The van der Waals surface area contributed by atoms with Crippen molar-refractivity contribution >= 4 is 5.82 Å². The number of aromatic nitrogens is 1. The Hall–Kier alpha value is -1.13. The summed E-state index contributed by atoms with van der Waals surface area (Å²) in [6, 6.07) is 4.19. The molecule has 1 saturated heterocycles. The molecule has 1 aliphatic heterocycles. The van der Waals surface area contributed by atoms with Crippen molar-refractivity contribution < 1.29 is 0 Å². The van der Waals surface area contributed by atoms with Gasteiger partial charge in [-0.15, -0.1) is 0 Å². The molecule has 0 unspecified atom stereocenters. The van der Waals surface area contributed by atoms with E-state index in [1.54, 1.807) is 0 Å². The van der Waals surface area contributed by atoms with Gasteiger partial charge in [-0.3, -0.25) is 0 Å². The van der Waals surface area contributed by atoms with Gasteiger partial charge in [-0.2, -0.15) is 0 Å². The van der Waals surface area contributed by atoms with Crippen LogP contribution in [0.3, 0.4) is 0 Å². The fourth-order valence-corrected chi connectivity index (χ4v) is 1.75. The molecule has 1 aliphatic rings. The van der Waals surface area contributed by atoms with Gasteiger partial charge in [0.1, 0.15) is 5.82 Å². The van der Waals surface area contributed by atoms with Crippen LogP contribution in [0.25, 0.3) is 0 Å². The summed E-state index contributed by atoms with van der Waals surface area (Å²) in [5, 5.41) is 3.32. The smallest absolute Gasteiger partial charge is 0.128 e. The standard InChI is InChI=1S/C11H18N4/c1-9(12)10-2-3-11(14-8-10)15-6-4-13-5-7-15/h2-3,8-9,13H,4-7,12H2,1H3/t9-/m0/s1. The predicted molar refractivity (Wildman–Crippen MR) is 61.9 cm³/mol. The Labute approximate surface area is 90.5 Å². The van der Waals surface area contributed by atoms with Gasteiger partial charge in [-0.1, -0.05) is 6.07 Å². The minimum Gasteiger partial charge on any atom is -0.354 e. The lowest BCUT2D eigenvalue weighted by Crippen LogP contribution is -2.43. The highest BCUT2D eigenvalue weighted by atomic mass is 15.2. The third kappa shape index (κ3) is 2.46. The summed E-state index contributed by atoms with van der Waals surface area (Å²) in [5.41, 5.74) is 6.87. The molecule has 15 heavy (non-hydrogen) atoms. The maximum absolute atomic E-state index is 5.78. The summed E-state index contributed by atoms with van der Waals surface area (Å²) in [4.78, 5) is 6.73. The Kier molecular flexibility index (Phi) is 3.18. The van der Waals surface area contributed by atoms with Crippen molar-refractivity contribution in [2.24, 2.45) is 5.73 Å². The van der Waals surface area contributed by atoms with Crippen molar-refractivity contribution in [2.75, 3.05) is 31.1 Å². The highest BCUT2D eigenvalue weighted by Gasteiger charge is 2.11. The molecule has 0 saturated carbocycles. The van der Waals surface area contributed by atoms with E-state index in [2.05, 4.69) is 27.3 Å². The molecule has 0 aliphatic carbocycles. The number of nitrogens with one attached hydrogen (secondary N) is 1. The van der Waals surface area contributed by atoms with Crippen LogP contribution in [0, 0.1) is 0 Å². The zero-order valence-corrected chi connectivity index (χ0v) is 9.11. The SMILES string of the molecule is C[C@H](N)c1ccc(N2CCNCC2)nc1. The second-order valence-corrected chi connectivity index (χ2v) is 3.98. The van der Waals surface area contributed by atoms with E-state index < -0.39 is 0 Å². The monoisotopic (exact) mass is 206 g/mol. The van der Waals surface area contributed by atoms with E-state index in [1.807, 2.05) is 13.1 Å². The Morgan fingerprint density at radius 3 is 2.67 bits per heavy atom. The average molecular weight is 206 g/mol. The maximum atomic E-state index is 5.78. The molecule has 4 nitrogen and oxygen atoms in total. The van der Waals surface area contributed by atoms with Crippen LogP contribution in [0.1, 0.15) is 18.5 Å². The van der Waals surface area contributed by atoms with Crippen molar-refractivity contribution in [3.05, 3.63) is 23.9 Å². The summed E-state index contributed by atoms with van der Waals surface area (Å²) in [7, 11) is 0. The number of nitrogens with two attached hydrogens (primary N) is 1. The minimum atomic E-state index is 0.0644. The van der Waals surface area contributed by atoms with Gasteiger partial charge in [-0.25, -0.2) is 4.98 Å². The number of piperazine rings is 1. The van der Waals surface area contributed by atoms with Crippen molar-refractivity contribution in [2.45, 2.75) is 13.0 Å². The van der Waals surface area contributed by atoms with E-state index in [1.165, 1.54) is 0 Å². The number of hydrogen-bond donors (Lipinski definition) is 2. The molecule has 0 spiro atoms. The second kappa shape index (κ2) is 4.59. The van der Waals surface area contributed by atoms with Gasteiger partial charge in [0.25, 0.3) is 0 Å². The van der Waals surface area contributed by atoms with Crippen molar-refractivity contribution in [3.8, 4) is 0 Å². The first-order chi connectivity index (χ1) is 7.27. The predicted octanol–water partition coefficient (Wildman–Crippen LogP) is 0.511. The van der Waals surface area contributed by atoms with E-state index in [0.29, 0.717) is 0 Å². The van der Waals surface area contributed by atoms with Gasteiger partial charge in [0.2, 0.25) is 0 Å².